The molecule has 4 heteroatoms. The van der Waals surface area contributed by atoms with Crippen LogP contribution in [0, 0.1) is 5.92 Å². The van der Waals surface area contributed by atoms with Crippen LogP contribution in [-0.2, 0) is 4.79 Å². The van der Waals surface area contributed by atoms with E-state index in [4.69, 9.17) is 5.73 Å². The average molecular weight is 230 g/mol. The molecule has 1 fully saturated rings. The van der Waals surface area contributed by atoms with E-state index < -0.39 is 0 Å². The third-order valence-corrected chi connectivity index (χ3v) is 4.22. The second-order valence-electron chi connectivity index (χ2n) is 4.32. The van der Waals surface area contributed by atoms with Crippen molar-refractivity contribution in [1.29, 1.82) is 0 Å². The highest BCUT2D eigenvalue weighted by Gasteiger charge is 2.16. The predicted molar refractivity (Wildman–Crippen MR) is 65.9 cm³/mol. The summed E-state index contributed by atoms with van der Waals surface area (Å²) in [5.41, 5.74) is 5.50. The average Bonchev–Trinajstić information content (AvgIpc) is 2.75. The minimum Gasteiger partial charge on any atom is -0.355 e. The van der Waals surface area contributed by atoms with E-state index in [2.05, 4.69) is 12.2 Å². The van der Waals surface area contributed by atoms with Crippen molar-refractivity contribution in [3.8, 4) is 0 Å². The Bertz CT molecular complexity index is 193. The van der Waals surface area contributed by atoms with Gasteiger partial charge in [0, 0.05) is 18.2 Å². The molecule has 0 saturated carbocycles. The van der Waals surface area contributed by atoms with Crippen molar-refractivity contribution in [2.45, 2.75) is 37.9 Å². The summed E-state index contributed by atoms with van der Waals surface area (Å²) in [5, 5.41) is 3.66. The van der Waals surface area contributed by atoms with E-state index in [1.807, 2.05) is 11.8 Å². The Morgan fingerprint density at radius 1 is 1.67 bits per heavy atom. The summed E-state index contributed by atoms with van der Waals surface area (Å²) < 4.78 is 0. The van der Waals surface area contributed by atoms with Gasteiger partial charge in [0.2, 0.25) is 5.91 Å². The van der Waals surface area contributed by atoms with Gasteiger partial charge in [0.25, 0.3) is 0 Å². The molecule has 1 saturated heterocycles. The van der Waals surface area contributed by atoms with E-state index in [-0.39, 0.29) is 5.91 Å². The summed E-state index contributed by atoms with van der Waals surface area (Å²) in [6.07, 6.45) is 4.08. The van der Waals surface area contributed by atoms with Crippen molar-refractivity contribution in [1.82, 2.24) is 5.32 Å². The molecule has 2 atom stereocenters. The number of hydrogen-bond donors (Lipinski definition) is 2. The summed E-state index contributed by atoms with van der Waals surface area (Å²) >= 11 is 1.98. The highest BCUT2D eigenvalue weighted by atomic mass is 32.2. The lowest BCUT2D eigenvalue weighted by molar-refractivity contribution is -0.121. The van der Waals surface area contributed by atoms with Gasteiger partial charge in [-0.1, -0.05) is 6.92 Å². The lowest BCUT2D eigenvalue weighted by Gasteiger charge is -2.11. The van der Waals surface area contributed by atoms with Gasteiger partial charge in [-0.3, -0.25) is 4.79 Å². The Morgan fingerprint density at radius 2 is 2.47 bits per heavy atom. The van der Waals surface area contributed by atoms with Crippen LogP contribution in [0.5, 0.6) is 0 Å². The maximum atomic E-state index is 11.5. The van der Waals surface area contributed by atoms with Crippen molar-refractivity contribution in [3.63, 3.8) is 0 Å². The van der Waals surface area contributed by atoms with Gasteiger partial charge >= 0.3 is 0 Å². The van der Waals surface area contributed by atoms with Crippen molar-refractivity contribution in [3.05, 3.63) is 0 Å². The van der Waals surface area contributed by atoms with Crippen LogP contribution in [0.1, 0.15) is 32.6 Å². The molecule has 0 bridgehead atoms. The number of rotatable bonds is 6. The number of hydrogen-bond acceptors (Lipinski definition) is 3. The molecule has 1 aliphatic heterocycles. The van der Waals surface area contributed by atoms with E-state index in [9.17, 15) is 4.79 Å². The predicted octanol–water partition coefficient (Wildman–Crippen LogP) is 1.37. The van der Waals surface area contributed by atoms with E-state index in [0.29, 0.717) is 24.1 Å². The van der Waals surface area contributed by atoms with Gasteiger partial charge in [0.05, 0.1) is 0 Å². The molecular weight excluding hydrogens is 208 g/mol. The lowest BCUT2D eigenvalue weighted by atomic mass is 10.1. The van der Waals surface area contributed by atoms with Gasteiger partial charge in [0.15, 0.2) is 0 Å². The highest BCUT2D eigenvalue weighted by Crippen LogP contribution is 2.25. The van der Waals surface area contributed by atoms with Crippen LogP contribution >= 0.6 is 11.8 Å². The molecule has 0 aliphatic carbocycles. The molecule has 0 radical (unpaired) electrons. The third kappa shape index (κ3) is 5.42. The largest absolute Gasteiger partial charge is 0.355 e. The summed E-state index contributed by atoms with van der Waals surface area (Å²) in [4.78, 5) is 11.5. The molecule has 3 N–H and O–H groups in total. The zero-order valence-electron chi connectivity index (χ0n) is 9.50. The Balaban J connectivity index is 2.02. The van der Waals surface area contributed by atoms with Crippen molar-refractivity contribution in [2.24, 2.45) is 11.7 Å². The summed E-state index contributed by atoms with van der Waals surface area (Å²) in [6, 6.07) is 0. The zero-order valence-corrected chi connectivity index (χ0v) is 10.3. The molecule has 2 unspecified atom stereocenters. The molecule has 0 aromatic heterocycles. The normalized spacial score (nSPS) is 22.7. The molecule has 1 rings (SSSR count). The van der Waals surface area contributed by atoms with E-state index in [1.165, 1.54) is 18.6 Å². The Labute approximate surface area is 96.6 Å². The SMILES string of the molecule is CC(CN)CCC(=O)NCC1CCCS1. The maximum Gasteiger partial charge on any atom is 0.220 e. The topological polar surface area (TPSA) is 55.1 Å². The fourth-order valence-corrected chi connectivity index (χ4v) is 2.82. The van der Waals surface area contributed by atoms with Gasteiger partial charge in [-0.15, -0.1) is 0 Å². The summed E-state index contributed by atoms with van der Waals surface area (Å²) in [6.45, 7) is 3.60. The number of nitrogens with two attached hydrogens (primary N) is 1. The summed E-state index contributed by atoms with van der Waals surface area (Å²) in [7, 11) is 0. The van der Waals surface area contributed by atoms with Crippen LogP contribution < -0.4 is 11.1 Å². The first-order chi connectivity index (χ1) is 7.22. The molecule has 15 heavy (non-hydrogen) atoms. The number of amides is 1. The fourth-order valence-electron chi connectivity index (χ4n) is 1.62. The summed E-state index contributed by atoms with van der Waals surface area (Å²) in [5.74, 6) is 1.89. The second kappa shape index (κ2) is 7.12. The van der Waals surface area contributed by atoms with Crippen LogP contribution in [0.4, 0.5) is 0 Å². The molecule has 1 heterocycles. The molecule has 0 aromatic rings. The minimum atomic E-state index is 0.183. The monoisotopic (exact) mass is 230 g/mol. The molecule has 3 nitrogen and oxygen atoms in total. The van der Waals surface area contributed by atoms with Crippen LogP contribution in [0.2, 0.25) is 0 Å². The van der Waals surface area contributed by atoms with Crippen LogP contribution in [0.15, 0.2) is 0 Å². The zero-order chi connectivity index (χ0) is 11.1. The molecule has 0 spiro atoms. The van der Waals surface area contributed by atoms with Crippen LogP contribution in [-0.4, -0.2) is 30.0 Å². The highest BCUT2D eigenvalue weighted by molar-refractivity contribution is 8.00. The third-order valence-electron chi connectivity index (χ3n) is 2.82. The quantitative estimate of drug-likeness (QED) is 0.724. The second-order valence-corrected chi connectivity index (χ2v) is 5.73. The van der Waals surface area contributed by atoms with Crippen molar-refractivity contribution >= 4 is 17.7 Å². The number of nitrogens with one attached hydrogen (secondary N) is 1. The van der Waals surface area contributed by atoms with E-state index in [0.717, 1.165) is 13.0 Å². The van der Waals surface area contributed by atoms with Gasteiger partial charge in [-0.25, -0.2) is 0 Å². The molecule has 1 amide bonds. The number of carbonyl (C=O) groups excluding carboxylic acids is 1. The molecule has 1 aliphatic rings. The standard InChI is InChI=1S/C11H22N2OS/c1-9(7-12)4-5-11(14)13-8-10-3-2-6-15-10/h9-10H,2-8,12H2,1H3,(H,13,14). The fraction of sp³-hybridized carbons (Fsp3) is 0.909. The van der Waals surface area contributed by atoms with Crippen LogP contribution in [0.25, 0.3) is 0 Å². The first-order valence-electron chi connectivity index (χ1n) is 5.80. The van der Waals surface area contributed by atoms with Crippen molar-refractivity contribution in [2.75, 3.05) is 18.8 Å². The lowest BCUT2D eigenvalue weighted by Crippen LogP contribution is -2.30. The molecule has 0 aromatic carbocycles. The Morgan fingerprint density at radius 3 is 3.07 bits per heavy atom. The smallest absolute Gasteiger partial charge is 0.220 e. The van der Waals surface area contributed by atoms with E-state index in [1.54, 1.807) is 0 Å². The van der Waals surface area contributed by atoms with Crippen LogP contribution in [0.3, 0.4) is 0 Å². The number of carbonyl (C=O) groups is 1. The number of thioether (sulfide) groups is 1. The Hall–Kier alpha value is -0.220. The van der Waals surface area contributed by atoms with Gasteiger partial charge in [-0.2, -0.15) is 11.8 Å². The first-order valence-corrected chi connectivity index (χ1v) is 6.85. The Kier molecular flexibility index (Phi) is 6.10. The van der Waals surface area contributed by atoms with Gasteiger partial charge < -0.3 is 11.1 Å². The first kappa shape index (κ1) is 12.8. The molecular formula is C11H22N2OS. The maximum absolute atomic E-state index is 11.5. The van der Waals surface area contributed by atoms with E-state index >= 15 is 0 Å². The van der Waals surface area contributed by atoms with Crippen molar-refractivity contribution < 1.29 is 4.79 Å². The molecule has 88 valence electrons. The minimum absolute atomic E-state index is 0.183. The van der Waals surface area contributed by atoms with Gasteiger partial charge in [-0.05, 0) is 37.5 Å². The van der Waals surface area contributed by atoms with Gasteiger partial charge in [0.1, 0.15) is 0 Å².